The first-order chi connectivity index (χ1) is 10.9. The Morgan fingerprint density at radius 3 is 2.12 bits per heavy atom. The summed E-state index contributed by atoms with van der Waals surface area (Å²) in [7, 11) is -5.30. The Hall–Kier alpha value is -0.497. The fourth-order valence-electron chi connectivity index (χ4n) is 2.50. The molecule has 144 valence electrons. The largest absolute Gasteiger partial charge is 2.00 e. The van der Waals surface area contributed by atoms with E-state index in [4.69, 9.17) is 5.73 Å². The molecule has 0 aliphatic heterocycles. The number of hydrogen-bond acceptors (Lipinski definition) is 3. The van der Waals surface area contributed by atoms with Crippen LogP contribution < -0.4 is 10.5 Å². The smallest absolute Gasteiger partial charge is 0.355 e. The van der Waals surface area contributed by atoms with Gasteiger partial charge >= 0.3 is 25.0 Å². The fourth-order valence-corrected chi connectivity index (χ4v) is 3.22. The van der Waals surface area contributed by atoms with Gasteiger partial charge in [0.1, 0.15) is 0 Å². The van der Waals surface area contributed by atoms with Gasteiger partial charge in [-0.2, -0.15) is 54.5 Å². The van der Waals surface area contributed by atoms with Crippen LogP contribution in [0.4, 0.5) is 13.2 Å². The molecule has 0 heterocycles. The van der Waals surface area contributed by atoms with Crippen LogP contribution in [-0.4, -0.2) is 20.0 Å². The van der Waals surface area contributed by atoms with Crippen molar-refractivity contribution in [3.63, 3.8) is 0 Å². The summed E-state index contributed by atoms with van der Waals surface area (Å²) in [5, 5.41) is 0. The molecule has 1 aliphatic carbocycles. The Kier molecular flexibility index (Phi) is 9.80. The molecule has 0 radical (unpaired) electrons. The third-order valence-corrected chi connectivity index (χ3v) is 4.65. The summed E-state index contributed by atoms with van der Waals surface area (Å²) in [6, 6.07) is 6.91. The number of halogens is 3. The molecule has 0 spiro atoms. The zero-order chi connectivity index (χ0) is 18.5. The Morgan fingerprint density at radius 2 is 1.72 bits per heavy atom. The van der Waals surface area contributed by atoms with Crippen LogP contribution in [0.2, 0.25) is 0 Å². The van der Waals surface area contributed by atoms with Crippen molar-refractivity contribution in [2.45, 2.75) is 58.0 Å². The predicted octanol–water partition coefficient (Wildman–Crippen LogP) is 3.27. The van der Waals surface area contributed by atoms with Crippen molar-refractivity contribution in [2.24, 2.45) is 5.73 Å². The maximum absolute atomic E-state index is 12.0. The predicted molar refractivity (Wildman–Crippen MR) is 87.3 cm³/mol. The first-order valence-electron chi connectivity index (χ1n) is 7.60. The monoisotopic (exact) mass is 466 g/mol. The van der Waals surface area contributed by atoms with Gasteiger partial charge in [0.25, 0.3) is 10.0 Å². The molecule has 1 fully saturated rings. The normalized spacial score (nSPS) is 18.8. The van der Waals surface area contributed by atoms with Crippen LogP contribution in [0, 0.1) is 32.9 Å². The number of benzene rings is 1. The summed E-state index contributed by atoms with van der Waals surface area (Å²) in [5.74, 6) is 0. The number of nitrogens with one attached hydrogen (secondary N) is 1. The number of aryl methyl sites for hydroxylation is 3. The Bertz CT molecular complexity index is 601. The van der Waals surface area contributed by atoms with Crippen molar-refractivity contribution in [3.8, 4) is 0 Å². The van der Waals surface area contributed by atoms with Crippen LogP contribution in [0.3, 0.4) is 0 Å². The second-order valence-electron chi connectivity index (χ2n) is 5.95. The van der Waals surface area contributed by atoms with Crippen molar-refractivity contribution in [1.29, 1.82) is 0 Å². The molecule has 9 heteroatoms. The summed E-state index contributed by atoms with van der Waals surface area (Å²) in [5.41, 5.74) is 4.00. The van der Waals surface area contributed by atoms with Crippen LogP contribution in [0.5, 0.6) is 0 Å². The van der Waals surface area contributed by atoms with E-state index in [2.05, 4.69) is 39.0 Å². The molecule has 1 aromatic carbocycles. The van der Waals surface area contributed by atoms with E-state index in [9.17, 15) is 21.6 Å². The van der Waals surface area contributed by atoms with Crippen LogP contribution in [0.1, 0.15) is 42.4 Å². The van der Waals surface area contributed by atoms with Crippen molar-refractivity contribution in [2.75, 3.05) is 0 Å². The standard InChI is InChI=1S/C9H11.C7H12F3N2O2S.Ru/c1-7-4-8(2)6-9(3)5-7;8-7(9,10)15(13,14)12-6-4-2-1-3-5(6)11;/h4-5H,1-3H3;5,12H,1-4,11H2;/q2*-1;+2. The van der Waals surface area contributed by atoms with Gasteiger partial charge < -0.3 is 10.5 Å². The van der Waals surface area contributed by atoms with E-state index in [0.29, 0.717) is 12.8 Å². The third-order valence-electron chi connectivity index (χ3n) is 3.51. The van der Waals surface area contributed by atoms with E-state index in [1.807, 2.05) is 0 Å². The van der Waals surface area contributed by atoms with Crippen LogP contribution in [-0.2, 0) is 29.5 Å². The summed E-state index contributed by atoms with van der Waals surface area (Å²) in [6.07, 6.45) is 2.24. The molecule has 0 aromatic heterocycles. The van der Waals surface area contributed by atoms with Crippen molar-refractivity contribution >= 4 is 10.0 Å². The van der Waals surface area contributed by atoms with E-state index in [1.54, 1.807) is 0 Å². The summed E-state index contributed by atoms with van der Waals surface area (Å²) >= 11 is 0. The molecule has 0 amide bonds. The second-order valence-corrected chi connectivity index (χ2v) is 7.63. The minimum Gasteiger partial charge on any atom is -0.355 e. The summed E-state index contributed by atoms with van der Waals surface area (Å²) < 4.78 is 59.1. The quantitative estimate of drug-likeness (QED) is 0.520. The van der Waals surface area contributed by atoms with E-state index < -0.39 is 21.6 Å². The molecule has 3 N–H and O–H groups in total. The maximum Gasteiger partial charge on any atom is 2.00 e. The van der Waals surface area contributed by atoms with Crippen molar-refractivity contribution in [1.82, 2.24) is 4.72 Å². The number of nitrogens with two attached hydrogens (primary N) is 1. The van der Waals surface area contributed by atoms with Gasteiger partial charge in [0.15, 0.2) is 0 Å². The molecule has 2 rings (SSSR count). The maximum atomic E-state index is 12.0. The molecule has 1 atom stereocenters. The number of alkyl halides is 3. The topological polar surface area (TPSA) is 72.2 Å². The van der Waals surface area contributed by atoms with Gasteiger partial charge in [-0.3, -0.25) is 0 Å². The molecule has 0 bridgehead atoms. The van der Waals surface area contributed by atoms with Gasteiger partial charge in [-0.15, -0.1) is 6.04 Å². The van der Waals surface area contributed by atoms with Gasteiger partial charge in [0, 0.05) is 0 Å². The third kappa shape index (κ3) is 8.16. The van der Waals surface area contributed by atoms with Crippen molar-refractivity contribution < 1.29 is 41.1 Å². The number of sulfonamides is 1. The number of hydrogen-bond donors (Lipinski definition) is 2. The molecular weight excluding hydrogens is 442 g/mol. The second kappa shape index (κ2) is 10.00. The molecule has 4 nitrogen and oxygen atoms in total. The van der Waals surface area contributed by atoms with Gasteiger partial charge in [-0.1, -0.05) is 40.0 Å². The van der Waals surface area contributed by atoms with Crippen molar-refractivity contribution in [3.05, 3.63) is 40.9 Å². The molecule has 1 unspecified atom stereocenters. The van der Waals surface area contributed by atoms with E-state index in [-0.39, 0.29) is 31.9 Å². The van der Waals surface area contributed by atoms with Gasteiger partial charge in [0.05, 0.1) is 0 Å². The molecule has 25 heavy (non-hydrogen) atoms. The van der Waals surface area contributed by atoms with E-state index in [0.717, 1.165) is 6.42 Å². The van der Waals surface area contributed by atoms with E-state index >= 15 is 0 Å². The molecule has 0 saturated heterocycles. The van der Waals surface area contributed by atoms with Crippen LogP contribution >= 0.6 is 0 Å². The molecular formula is C16H23F3N2O2RuS. The van der Waals surface area contributed by atoms with Gasteiger partial charge in [-0.05, 0) is 0 Å². The molecule has 1 aromatic rings. The Morgan fingerprint density at radius 1 is 1.20 bits per heavy atom. The first-order valence-corrected chi connectivity index (χ1v) is 9.08. The van der Waals surface area contributed by atoms with Crippen LogP contribution in [0.15, 0.2) is 12.1 Å². The molecule has 1 saturated carbocycles. The average molecular weight is 466 g/mol. The average Bonchev–Trinajstić information content (AvgIpc) is 2.39. The minimum atomic E-state index is -5.30. The first kappa shape index (κ1) is 24.5. The van der Waals surface area contributed by atoms with Gasteiger partial charge in [-0.25, -0.2) is 14.5 Å². The number of rotatable bonds is 2. The SMILES string of the molecule is Cc1[c-]c(C)cc(C)c1.NC1CCCC[C-]1NS(=O)(=O)C(F)(F)F.[Ru+2]. The van der Waals surface area contributed by atoms with E-state index in [1.165, 1.54) is 21.4 Å². The van der Waals surface area contributed by atoms with Gasteiger partial charge in [0.2, 0.25) is 0 Å². The molecule has 1 aliphatic rings. The minimum absolute atomic E-state index is 0. The summed E-state index contributed by atoms with van der Waals surface area (Å²) in [6.45, 7) is 6.24. The fraction of sp³-hybridized carbons (Fsp3) is 0.562. The zero-order valence-electron chi connectivity index (χ0n) is 14.4. The Labute approximate surface area is 160 Å². The zero-order valence-corrected chi connectivity index (χ0v) is 16.9. The Balaban J connectivity index is 0.000000495. The van der Waals surface area contributed by atoms with Crippen LogP contribution in [0.25, 0.3) is 0 Å². The summed E-state index contributed by atoms with van der Waals surface area (Å²) in [4.78, 5) is 0.